The van der Waals surface area contributed by atoms with E-state index < -0.39 is 22.0 Å². The zero-order chi connectivity index (χ0) is 23.8. The fraction of sp³-hybridized carbons (Fsp3) is 0.917. The summed E-state index contributed by atoms with van der Waals surface area (Å²) in [7, 11) is -2.84. The van der Waals surface area contributed by atoms with Gasteiger partial charge in [-0.25, -0.2) is 0 Å². The Labute approximate surface area is 189 Å². The SMILES string of the molecule is CC[C@H](OCOCC[Si](C)(C)C)/C(C)=C/C(C)(O)C[C@H](C)CO[Si](C)(C)C(C)(C)C. The van der Waals surface area contributed by atoms with E-state index in [1.54, 1.807) is 0 Å². The maximum Gasteiger partial charge on any atom is 0.191 e. The van der Waals surface area contributed by atoms with Crippen molar-refractivity contribution in [3.05, 3.63) is 11.6 Å². The summed E-state index contributed by atoms with van der Waals surface area (Å²) in [5.74, 6) is 0.282. The summed E-state index contributed by atoms with van der Waals surface area (Å²) in [6, 6.07) is 1.14. The molecule has 180 valence electrons. The van der Waals surface area contributed by atoms with Crippen LogP contribution >= 0.6 is 0 Å². The Hall–Kier alpha value is 0.0138. The van der Waals surface area contributed by atoms with Crippen molar-refractivity contribution < 1.29 is 19.0 Å². The van der Waals surface area contributed by atoms with Gasteiger partial charge in [-0.3, -0.25) is 0 Å². The van der Waals surface area contributed by atoms with Gasteiger partial charge in [0.1, 0.15) is 6.79 Å². The average Bonchev–Trinajstić information content (AvgIpc) is 2.53. The summed E-state index contributed by atoms with van der Waals surface area (Å²) in [5, 5.41) is 11.2. The normalized spacial score (nSPS) is 18.2. The molecule has 0 heterocycles. The Morgan fingerprint density at radius 3 is 2.10 bits per heavy atom. The molecule has 0 rings (SSSR count). The number of rotatable bonds is 14. The third kappa shape index (κ3) is 12.8. The second-order valence-corrected chi connectivity index (χ2v) is 22.5. The van der Waals surface area contributed by atoms with E-state index >= 15 is 0 Å². The smallest absolute Gasteiger partial charge is 0.191 e. The van der Waals surface area contributed by atoms with Gasteiger partial charge in [0.25, 0.3) is 0 Å². The molecule has 0 aromatic heterocycles. The summed E-state index contributed by atoms with van der Waals surface area (Å²) in [5.41, 5.74) is 0.185. The van der Waals surface area contributed by atoms with Crippen LogP contribution in [-0.2, 0) is 13.9 Å². The molecule has 1 N–H and O–H groups in total. The molecule has 0 aliphatic rings. The van der Waals surface area contributed by atoms with E-state index in [4.69, 9.17) is 13.9 Å². The molecule has 30 heavy (non-hydrogen) atoms. The van der Waals surface area contributed by atoms with E-state index in [9.17, 15) is 5.11 Å². The van der Waals surface area contributed by atoms with Crippen LogP contribution in [0.15, 0.2) is 11.6 Å². The van der Waals surface area contributed by atoms with Gasteiger partial charge in [0, 0.05) is 21.3 Å². The number of hydrogen-bond donors (Lipinski definition) is 1. The van der Waals surface area contributed by atoms with Gasteiger partial charge in [-0.05, 0) is 62.4 Å². The molecule has 1 unspecified atom stereocenters. The highest BCUT2D eigenvalue weighted by atomic mass is 28.4. The Bertz CT molecular complexity index is 516. The molecular weight excluding hydrogens is 408 g/mol. The van der Waals surface area contributed by atoms with Gasteiger partial charge in [0.15, 0.2) is 8.32 Å². The third-order valence-corrected chi connectivity index (χ3v) is 12.3. The Balaban J connectivity index is 4.67. The van der Waals surface area contributed by atoms with Crippen LogP contribution in [0.2, 0.25) is 43.8 Å². The molecule has 0 saturated heterocycles. The second-order valence-electron chi connectivity index (χ2n) is 12.0. The first kappa shape index (κ1) is 30.0. The van der Waals surface area contributed by atoms with Crippen molar-refractivity contribution in [1.82, 2.24) is 0 Å². The topological polar surface area (TPSA) is 47.9 Å². The lowest BCUT2D eigenvalue weighted by molar-refractivity contribution is -0.0762. The zero-order valence-corrected chi connectivity index (χ0v) is 24.1. The van der Waals surface area contributed by atoms with Gasteiger partial charge in [-0.15, -0.1) is 0 Å². The molecule has 0 saturated carbocycles. The van der Waals surface area contributed by atoms with Crippen LogP contribution in [0, 0.1) is 5.92 Å². The van der Waals surface area contributed by atoms with Crippen LogP contribution in [0.5, 0.6) is 0 Å². The van der Waals surface area contributed by atoms with Crippen LogP contribution in [0.25, 0.3) is 0 Å². The van der Waals surface area contributed by atoms with Gasteiger partial charge in [0.2, 0.25) is 0 Å². The molecule has 0 radical (unpaired) electrons. The highest BCUT2D eigenvalue weighted by Gasteiger charge is 2.37. The lowest BCUT2D eigenvalue weighted by Crippen LogP contribution is -2.42. The van der Waals surface area contributed by atoms with Crippen LogP contribution in [0.3, 0.4) is 0 Å². The van der Waals surface area contributed by atoms with Crippen molar-refractivity contribution in [3.63, 3.8) is 0 Å². The van der Waals surface area contributed by atoms with Crippen molar-refractivity contribution >= 4 is 16.4 Å². The number of aliphatic hydroxyl groups is 1. The first-order valence-electron chi connectivity index (χ1n) is 11.7. The molecular formula is C24H52O4Si2. The lowest BCUT2D eigenvalue weighted by atomic mass is 9.90. The molecule has 0 aliphatic heterocycles. The fourth-order valence-electron chi connectivity index (χ4n) is 3.11. The third-order valence-electron chi connectivity index (χ3n) is 6.06. The number of ether oxygens (including phenoxy) is 2. The van der Waals surface area contributed by atoms with E-state index in [1.165, 1.54) is 0 Å². The standard InChI is InChI=1S/C24H52O4Si2/c1-13-22(27-19-26-14-15-29(8,9)10)21(3)17-24(7,25)16-20(2)18-28-30(11,12)23(4,5)6/h17,20,22,25H,13-16,18-19H2,1-12H3/b21-17+/t20-,22-,24?/m0/s1. The quantitative estimate of drug-likeness (QED) is 0.133. The Kier molecular flexibility index (Phi) is 12.3. The minimum atomic E-state index is -1.76. The maximum absolute atomic E-state index is 11.0. The van der Waals surface area contributed by atoms with Gasteiger partial charge < -0.3 is 19.0 Å². The summed E-state index contributed by atoms with van der Waals surface area (Å²) in [4.78, 5) is 0. The van der Waals surface area contributed by atoms with Crippen LogP contribution in [0.1, 0.15) is 61.3 Å². The molecule has 0 bridgehead atoms. The van der Waals surface area contributed by atoms with Crippen molar-refractivity contribution in [2.75, 3.05) is 20.0 Å². The minimum absolute atomic E-state index is 0.0258. The molecule has 3 atom stereocenters. The molecule has 6 heteroatoms. The Morgan fingerprint density at radius 1 is 1.07 bits per heavy atom. The summed E-state index contributed by atoms with van der Waals surface area (Å²) in [6.07, 6.45) is 3.47. The van der Waals surface area contributed by atoms with Crippen molar-refractivity contribution in [3.8, 4) is 0 Å². The highest BCUT2D eigenvalue weighted by Crippen LogP contribution is 2.37. The summed E-state index contributed by atoms with van der Waals surface area (Å²) < 4.78 is 18.0. The molecule has 0 amide bonds. The molecule has 0 aliphatic carbocycles. The molecule has 0 fully saturated rings. The summed E-state index contributed by atoms with van der Waals surface area (Å²) in [6.45, 7) is 28.3. The van der Waals surface area contributed by atoms with Crippen molar-refractivity contribution in [2.24, 2.45) is 5.92 Å². The summed E-state index contributed by atoms with van der Waals surface area (Å²) >= 11 is 0. The zero-order valence-electron chi connectivity index (χ0n) is 22.1. The van der Waals surface area contributed by atoms with Crippen LogP contribution in [-0.4, -0.2) is 53.2 Å². The molecule has 0 aromatic rings. The van der Waals surface area contributed by atoms with Gasteiger partial charge >= 0.3 is 0 Å². The molecule has 0 aromatic carbocycles. The monoisotopic (exact) mass is 460 g/mol. The van der Waals surface area contributed by atoms with Gasteiger partial charge in [0.05, 0.1) is 11.7 Å². The van der Waals surface area contributed by atoms with E-state index in [-0.39, 0.29) is 17.1 Å². The van der Waals surface area contributed by atoms with E-state index in [1.807, 2.05) is 19.9 Å². The molecule has 4 nitrogen and oxygen atoms in total. The predicted octanol–water partition coefficient (Wildman–Crippen LogP) is 6.84. The highest BCUT2D eigenvalue weighted by molar-refractivity contribution is 6.76. The predicted molar refractivity (Wildman–Crippen MR) is 135 cm³/mol. The largest absolute Gasteiger partial charge is 0.417 e. The minimum Gasteiger partial charge on any atom is -0.417 e. The second kappa shape index (κ2) is 12.3. The molecule has 0 spiro atoms. The van der Waals surface area contributed by atoms with Gasteiger partial charge in [-0.1, -0.05) is 60.3 Å². The average molecular weight is 461 g/mol. The van der Waals surface area contributed by atoms with Crippen molar-refractivity contribution in [2.45, 2.75) is 117 Å². The first-order valence-corrected chi connectivity index (χ1v) is 18.3. The van der Waals surface area contributed by atoms with Gasteiger partial charge in [-0.2, -0.15) is 0 Å². The van der Waals surface area contributed by atoms with Crippen molar-refractivity contribution in [1.29, 1.82) is 0 Å². The lowest BCUT2D eigenvalue weighted by Gasteiger charge is -2.37. The van der Waals surface area contributed by atoms with Crippen LogP contribution in [0.4, 0.5) is 0 Å². The van der Waals surface area contributed by atoms with E-state index in [2.05, 4.69) is 67.4 Å². The maximum atomic E-state index is 11.0. The van der Waals surface area contributed by atoms with Crippen LogP contribution < -0.4 is 0 Å². The van der Waals surface area contributed by atoms with E-state index in [0.29, 0.717) is 19.8 Å². The Morgan fingerprint density at radius 2 is 1.63 bits per heavy atom. The first-order chi connectivity index (χ1) is 13.4. The number of hydrogen-bond acceptors (Lipinski definition) is 4. The van der Waals surface area contributed by atoms with E-state index in [0.717, 1.165) is 24.6 Å². The fourth-order valence-corrected chi connectivity index (χ4v) is 5.00.